The minimum absolute atomic E-state index is 0.124. The quantitative estimate of drug-likeness (QED) is 0.714. The van der Waals surface area contributed by atoms with Crippen LogP contribution in [-0.4, -0.2) is 11.9 Å². The van der Waals surface area contributed by atoms with Crippen LogP contribution in [0.2, 0.25) is 0 Å². The molecule has 0 aromatic heterocycles. The zero-order chi connectivity index (χ0) is 10.4. The largest absolute Gasteiger partial charge is 0.305 e. The lowest BCUT2D eigenvalue weighted by molar-refractivity contribution is -0.119. The van der Waals surface area contributed by atoms with Crippen molar-refractivity contribution in [1.82, 2.24) is 0 Å². The molecule has 2 aliphatic rings. The molecule has 1 heterocycles. The third-order valence-electron chi connectivity index (χ3n) is 3.05. The van der Waals surface area contributed by atoms with E-state index in [-0.39, 0.29) is 17.9 Å². The van der Waals surface area contributed by atoms with Crippen LogP contribution in [0.25, 0.3) is 0 Å². The number of fused-ring (bicyclic) bond motifs is 2. The number of rotatable bonds is 1. The Morgan fingerprint density at radius 2 is 1.93 bits per heavy atom. The van der Waals surface area contributed by atoms with Crippen LogP contribution in [0.4, 0.5) is 5.69 Å². The Kier molecular flexibility index (Phi) is 1.96. The molecule has 2 atom stereocenters. The van der Waals surface area contributed by atoms with Crippen LogP contribution >= 0.6 is 15.9 Å². The van der Waals surface area contributed by atoms with Crippen LogP contribution in [0.5, 0.6) is 0 Å². The van der Waals surface area contributed by atoms with Gasteiger partial charge in [0.15, 0.2) is 0 Å². The van der Waals surface area contributed by atoms with Gasteiger partial charge >= 0.3 is 0 Å². The van der Waals surface area contributed by atoms with Crippen LogP contribution in [0.15, 0.2) is 40.9 Å². The first-order valence-corrected chi connectivity index (χ1v) is 5.82. The highest BCUT2D eigenvalue weighted by Crippen LogP contribution is 2.36. The predicted octanol–water partition coefficient (Wildman–Crippen LogP) is 2.74. The normalized spacial score (nSPS) is 27.8. The molecular weight excluding hydrogens is 254 g/mol. The zero-order valence-electron chi connectivity index (χ0n) is 8.06. The summed E-state index contributed by atoms with van der Waals surface area (Å²) in [4.78, 5) is 13.8. The fourth-order valence-corrected chi connectivity index (χ4v) is 2.58. The number of amides is 1. The Morgan fingerprint density at radius 1 is 1.20 bits per heavy atom. The number of anilines is 1. The van der Waals surface area contributed by atoms with Crippen molar-refractivity contribution in [3.63, 3.8) is 0 Å². The Hall–Kier alpha value is -1.09. The topological polar surface area (TPSA) is 20.3 Å². The molecule has 0 unspecified atom stereocenters. The zero-order valence-corrected chi connectivity index (χ0v) is 9.65. The molecule has 0 radical (unpaired) electrons. The van der Waals surface area contributed by atoms with Crippen molar-refractivity contribution in [3.8, 4) is 0 Å². The molecule has 2 nitrogen and oxygen atoms in total. The summed E-state index contributed by atoms with van der Waals surface area (Å²) < 4.78 is 1.04. The third kappa shape index (κ3) is 1.34. The summed E-state index contributed by atoms with van der Waals surface area (Å²) in [5.74, 6) is 0.364. The first kappa shape index (κ1) is 9.16. The number of carbonyl (C=O) groups is 1. The summed E-state index contributed by atoms with van der Waals surface area (Å²) in [7, 11) is 0. The van der Waals surface area contributed by atoms with Gasteiger partial charge in [-0.3, -0.25) is 4.79 Å². The molecule has 0 saturated carbocycles. The van der Waals surface area contributed by atoms with Gasteiger partial charge in [-0.25, -0.2) is 0 Å². The van der Waals surface area contributed by atoms with Crippen molar-refractivity contribution in [1.29, 1.82) is 0 Å². The molecule has 1 amide bonds. The van der Waals surface area contributed by atoms with Crippen LogP contribution < -0.4 is 4.90 Å². The SMILES string of the molecule is O=C1[C@H]2C=C[C@H](C2)N1c1ccc(Br)cc1. The molecule has 1 aliphatic heterocycles. The summed E-state index contributed by atoms with van der Waals surface area (Å²) in [6.45, 7) is 0. The summed E-state index contributed by atoms with van der Waals surface area (Å²) in [5.41, 5.74) is 1.00. The molecule has 3 heteroatoms. The highest BCUT2D eigenvalue weighted by molar-refractivity contribution is 9.10. The van der Waals surface area contributed by atoms with Crippen molar-refractivity contribution < 1.29 is 4.79 Å². The van der Waals surface area contributed by atoms with E-state index in [0.717, 1.165) is 16.6 Å². The molecule has 1 aromatic carbocycles. The highest BCUT2D eigenvalue weighted by atomic mass is 79.9. The van der Waals surface area contributed by atoms with Gasteiger partial charge in [0.1, 0.15) is 0 Å². The van der Waals surface area contributed by atoms with Gasteiger partial charge in [-0.05, 0) is 30.7 Å². The molecule has 15 heavy (non-hydrogen) atoms. The molecule has 76 valence electrons. The number of benzene rings is 1. The van der Waals surface area contributed by atoms with E-state index >= 15 is 0 Å². The summed E-state index contributed by atoms with van der Waals surface area (Å²) in [5, 5.41) is 0. The van der Waals surface area contributed by atoms with Crippen LogP contribution in [-0.2, 0) is 4.79 Å². The van der Waals surface area contributed by atoms with Gasteiger partial charge in [0.25, 0.3) is 0 Å². The first-order chi connectivity index (χ1) is 7.25. The molecule has 3 rings (SSSR count). The summed E-state index contributed by atoms with van der Waals surface area (Å²) in [6, 6.07) is 8.19. The second kappa shape index (κ2) is 3.20. The Morgan fingerprint density at radius 3 is 2.53 bits per heavy atom. The van der Waals surface area contributed by atoms with E-state index in [4.69, 9.17) is 0 Å². The molecule has 2 bridgehead atoms. The second-order valence-corrected chi connectivity index (χ2v) is 4.89. The lowest BCUT2D eigenvalue weighted by atomic mass is 10.1. The van der Waals surface area contributed by atoms with Crippen LogP contribution in [0.1, 0.15) is 6.42 Å². The number of nitrogens with zero attached hydrogens (tertiary/aromatic N) is 1. The predicted molar refractivity (Wildman–Crippen MR) is 62.7 cm³/mol. The monoisotopic (exact) mass is 263 g/mol. The van der Waals surface area contributed by atoms with Gasteiger partial charge in [0.05, 0.1) is 12.0 Å². The summed E-state index contributed by atoms with van der Waals surface area (Å²) in [6.07, 6.45) is 5.12. The molecular formula is C12H10BrNO. The van der Waals surface area contributed by atoms with E-state index < -0.39 is 0 Å². The van der Waals surface area contributed by atoms with Crippen molar-refractivity contribution in [2.24, 2.45) is 5.92 Å². The van der Waals surface area contributed by atoms with E-state index in [9.17, 15) is 4.79 Å². The lowest BCUT2D eigenvalue weighted by Crippen LogP contribution is -2.34. The fourth-order valence-electron chi connectivity index (χ4n) is 2.32. The molecule has 1 aromatic rings. The minimum atomic E-state index is 0.124. The van der Waals surface area contributed by atoms with E-state index in [2.05, 4.69) is 22.0 Å². The van der Waals surface area contributed by atoms with Crippen LogP contribution in [0, 0.1) is 5.92 Å². The Balaban J connectivity index is 1.98. The van der Waals surface area contributed by atoms with Gasteiger partial charge in [0.2, 0.25) is 5.91 Å². The standard InChI is InChI=1S/C12H10BrNO/c13-9-2-5-10(6-3-9)14-11-4-1-8(7-11)12(14)15/h1-6,8,11H,7H2/t8-,11+/m0/s1. The van der Waals surface area contributed by atoms with Gasteiger partial charge < -0.3 is 4.90 Å². The maximum Gasteiger partial charge on any atom is 0.234 e. The fraction of sp³-hybridized carbons (Fsp3) is 0.250. The second-order valence-electron chi connectivity index (χ2n) is 3.98. The number of hydrogen-bond acceptors (Lipinski definition) is 1. The maximum atomic E-state index is 11.9. The van der Waals surface area contributed by atoms with E-state index in [1.54, 1.807) is 0 Å². The minimum Gasteiger partial charge on any atom is -0.305 e. The number of carbonyl (C=O) groups excluding carboxylic acids is 1. The molecule has 1 saturated heterocycles. The van der Waals surface area contributed by atoms with Crippen molar-refractivity contribution in [3.05, 3.63) is 40.9 Å². The van der Waals surface area contributed by atoms with Crippen molar-refractivity contribution >= 4 is 27.5 Å². The number of hydrogen-bond donors (Lipinski definition) is 0. The molecule has 1 aliphatic carbocycles. The average Bonchev–Trinajstić information content (AvgIpc) is 2.80. The van der Waals surface area contributed by atoms with Crippen molar-refractivity contribution in [2.45, 2.75) is 12.5 Å². The first-order valence-electron chi connectivity index (χ1n) is 5.03. The highest BCUT2D eigenvalue weighted by Gasteiger charge is 2.41. The van der Waals surface area contributed by atoms with Gasteiger partial charge in [-0.15, -0.1) is 0 Å². The Bertz CT molecular complexity index is 437. The summed E-state index contributed by atoms with van der Waals surface area (Å²) >= 11 is 3.39. The van der Waals surface area contributed by atoms with E-state index in [0.29, 0.717) is 0 Å². The number of halogens is 1. The smallest absolute Gasteiger partial charge is 0.234 e. The Labute approximate surface area is 96.7 Å². The maximum absolute atomic E-state index is 11.9. The van der Waals surface area contributed by atoms with Crippen LogP contribution in [0.3, 0.4) is 0 Å². The molecule has 1 fully saturated rings. The average molecular weight is 264 g/mol. The van der Waals surface area contributed by atoms with Gasteiger partial charge in [0, 0.05) is 10.2 Å². The van der Waals surface area contributed by atoms with E-state index in [1.807, 2.05) is 35.2 Å². The third-order valence-corrected chi connectivity index (χ3v) is 3.58. The van der Waals surface area contributed by atoms with Crippen molar-refractivity contribution in [2.75, 3.05) is 4.90 Å². The van der Waals surface area contributed by atoms with Gasteiger partial charge in [-0.1, -0.05) is 28.1 Å². The molecule has 0 N–H and O–H groups in total. The lowest BCUT2D eigenvalue weighted by Gasteiger charge is -2.24. The van der Waals surface area contributed by atoms with Gasteiger partial charge in [-0.2, -0.15) is 0 Å². The molecule has 0 spiro atoms. The van der Waals surface area contributed by atoms with E-state index in [1.165, 1.54) is 0 Å².